The molecule has 0 aromatic carbocycles. The standard InChI is InChI=1S/C9H13Cl2NO2S/c1-2-3-4-5-12-8(11)6(10)7(15-12)9(13)14/h8H,2-5H2,1H3,(H,13,14). The number of alkyl halides is 1. The molecule has 1 aliphatic heterocycles. The molecule has 1 unspecified atom stereocenters. The number of carboxylic acid groups (broad SMARTS) is 1. The highest BCUT2D eigenvalue weighted by atomic mass is 35.5. The van der Waals surface area contributed by atoms with E-state index in [1.54, 1.807) is 0 Å². The van der Waals surface area contributed by atoms with Gasteiger partial charge in [0.25, 0.3) is 0 Å². The lowest BCUT2D eigenvalue weighted by molar-refractivity contribution is -0.131. The van der Waals surface area contributed by atoms with Gasteiger partial charge in [0, 0.05) is 6.54 Å². The summed E-state index contributed by atoms with van der Waals surface area (Å²) in [5, 5.41) is 9.07. The van der Waals surface area contributed by atoms with E-state index in [0.29, 0.717) is 0 Å². The minimum Gasteiger partial charge on any atom is -0.477 e. The van der Waals surface area contributed by atoms with E-state index >= 15 is 0 Å². The Balaban J connectivity index is 2.51. The Morgan fingerprint density at radius 1 is 1.60 bits per heavy atom. The van der Waals surface area contributed by atoms with Crippen LogP contribution in [-0.2, 0) is 4.79 Å². The molecule has 3 nitrogen and oxygen atoms in total. The van der Waals surface area contributed by atoms with Gasteiger partial charge in [0.2, 0.25) is 0 Å². The molecule has 15 heavy (non-hydrogen) atoms. The number of hydrogen-bond acceptors (Lipinski definition) is 3. The molecule has 1 atom stereocenters. The molecule has 0 aliphatic carbocycles. The van der Waals surface area contributed by atoms with E-state index in [2.05, 4.69) is 6.92 Å². The van der Waals surface area contributed by atoms with Crippen LogP contribution in [0.1, 0.15) is 26.2 Å². The Kier molecular flexibility index (Phi) is 5.26. The lowest BCUT2D eigenvalue weighted by atomic mass is 10.2. The van der Waals surface area contributed by atoms with Gasteiger partial charge in [-0.2, -0.15) is 0 Å². The van der Waals surface area contributed by atoms with Crippen molar-refractivity contribution in [1.82, 2.24) is 4.31 Å². The van der Waals surface area contributed by atoms with Gasteiger partial charge in [0.15, 0.2) is 0 Å². The Morgan fingerprint density at radius 3 is 2.73 bits per heavy atom. The van der Waals surface area contributed by atoms with Crippen molar-refractivity contribution >= 4 is 41.1 Å². The maximum Gasteiger partial charge on any atom is 0.344 e. The molecule has 0 spiro atoms. The fourth-order valence-corrected chi connectivity index (χ4v) is 2.94. The van der Waals surface area contributed by atoms with E-state index in [1.165, 1.54) is 0 Å². The van der Waals surface area contributed by atoms with Gasteiger partial charge in [0.1, 0.15) is 10.4 Å². The van der Waals surface area contributed by atoms with Gasteiger partial charge in [0.05, 0.1) is 5.03 Å². The fraction of sp³-hybridized carbons (Fsp3) is 0.667. The van der Waals surface area contributed by atoms with Crippen molar-refractivity contribution in [3.8, 4) is 0 Å². The average molecular weight is 270 g/mol. The summed E-state index contributed by atoms with van der Waals surface area (Å²) in [5.74, 6) is -1.01. The molecule has 86 valence electrons. The molecule has 0 bridgehead atoms. The average Bonchev–Trinajstić information content (AvgIpc) is 2.46. The summed E-state index contributed by atoms with van der Waals surface area (Å²) in [7, 11) is 0. The lowest BCUT2D eigenvalue weighted by Crippen LogP contribution is -2.21. The smallest absolute Gasteiger partial charge is 0.344 e. The number of carbonyl (C=O) groups is 1. The van der Waals surface area contributed by atoms with Crippen molar-refractivity contribution in [2.24, 2.45) is 0 Å². The minimum absolute atomic E-state index is 0.146. The van der Waals surface area contributed by atoms with E-state index in [9.17, 15) is 4.79 Å². The van der Waals surface area contributed by atoms with Gasteiger partial charge in [-0.15, -0.1) is 0 Å². The number of nitrogens with zero attached hydrogens (tertiary/aromatic N) is 1. The minimum atomic E-state index is -1.01. The monoisotopic (exact) mass is 269 g/mol. The van der Waals surface area contributed by atoms with Gasteiger partial charge in [-0.3, -0.25) is 0 Å². The van der Waals surface area contributed by atoms with Crippen LogP contribution in [0.4, 0.5) is 0 Å². The first-order valence-electron chi connectivity index (χ1n) is 4.79. The number of aliphatic carboxylic acids is 1. The summed E-state index contributed by atoms with van der Waals surface area (Å²) < 4.78 is 1.81. The van der Waals surface area contributed by atoms with Crippen molar-refractivity contribution in [3.63, 3.8) is 0 Å². The Labute approximate surface area is 104 Å². The molecule has 0 saturated carbocycles. The maximum atomic E-state index is 10.8. The van der Waals surface area contributed by atoms with Crippen LogP contribution in [0.25, 0.3) is 0 Å². The first kappa shape index (κ1) is 13.2. The van der Waals surface area contributed by atoms with Crippen LogP contribution >= 0.6 is 35.1 Å². The number of unbranched alkanes of at least 4 members (excludes halogenated alkanes) is 2. The highest BCUT2D eigenvalue weighted by Crippen LogP contribution is 2.41. The third kappa shape index (κ3) is 3.28. The zero-order valence-corrected chi connectivity index (χ0v) is 10.7. The third-order valence-corrected chi connectivity index (χ3v) is 4.46. The van der Waals surface area contributed by atoms with Crippen molar-refractivity contribution < 1.29 is 9.90 Å². The van der Waals surface area contributed by atoms with Crippen LogP contribution in [-0.4, -0.2) is 27.4 Å². The SMILES string of the molecule is CCCCCN1SC(C(=O)O)=C(Cl)C1Cl. The van der Waals surface area contributed by atoms with Crippen molar-refractivity contribution in [1.29, 1.82) is 0 Å². The summed E-state index contributed by atoms with van der Waals surface area (Å²) >= 11 is 13.0. The van der Waals surface area contributed by atoms with Crippen molar-refractivity contribution in [2.45, 2.75) is 31.7 Å². The molecule has 1 heterocycles. The van der Waals surface area contributed by atoms with Crippen molar-refractivity contribution in [2.75, 3.05) is 6.54 Å². The zero-order chi connectivity index (χ0) is 11.4. The Hall–Kier alpha value is 0.1000. The molecule has 0 amide bonds. The molecule has 1 N–H and O–H groups in total. The van der Waals surface area contributed by atoms with E-state index in [4.69, 9.17) is 28.3 Å². The predicted octanol–water partition coefficient (Wildman–Crippen LogP) is 3.24. The highest BCUT2D eigenvalue weighted by Gasteiger charge is 2.34. The lowest BCUT2D eigenvalue weighted by Gasteiger charge is -2.17. The molecular formula is C9H13Cl2NO2S. The van der Waals surface area contributed by atoms with Gasteiger partial charge in [-0.05, 0) is 18.4 Å². The van der Waals surface area contributed by atoms with Gasteiger partial charge in [-0.1, -0.05) is 43.0 Å². The quantitative estimate of drug-likeness (QED) is 0.360. The zero-order valence-electron chi connectivity index (χ0n) is 8.37. The highest BCUT2D eigenvalue weighted by molar-refractivity contribution is 8.02. The second kappa shape index (κ2) is 5.99. The molecule has 0 aromatic heterocycles. The molecule has 0 aromatic rings. The van der Waals surface area contributed by atoms with Crippen LogP contribution in [0, 0.1) is 0 Å². The first-order valence-corrected chi connectivity index (χ1v) is 6.38. The summed E-state index contributed by atoms with van der Waals surface area (Å²) in [6.45, 7) is 2.88. The second-order valence-electron chi connectivity index (χ2n) is 3.26. The molecule has 0 radical (unpaired) electrons. The number of hydrogen-bond donors (Lipinski definition) is 1. The summed E-state index contributed by atoms with van der Waals surface area (Å²) in [5.41, 5.74) is -0.500. The molecule has 6 heteroatoms. The molecule has 1 aliphatic rings. The van der Waals surface area contributed by atoms with Crippen LogP contribution < -0.4 is 0 Å². The predicted molar refractivity (Wildman–Crippen MR) is 64.0 cm³/mol. The third-order valence-electron chi connectivity index (χ3n) is 2.06. The topological polar surface area (TPSA) is 40.5 Å². The summed E-state index contributed by atoms with van der Waals surface area (Å²) in [6.07, 6.45) is 3.24. The number of halogens is 2. The van der Waals surface area contributed by atoms with E-state index in [1.807, 2.05) is 4.31 Å². The number of carboxylic acids is 1. The fourth-order valence-electron chi connectivity index (χ4n) is 1.26. The Morgan fingerprint density at radius 2 is 2.27 bits per heavy atom. The van der Waals surface area contributed by atoms with Gasteiger partial charge >= 0.3 is 5.97 Å². The van der Waals surface area contributed by atoms with Crippen LogP contribution in [0.3, 0.4) is 0 Å². The Bertz CT molecular complexity index is 283. The second-order valence-corrected chi connectivity index (χ2v) is 5.14. The maximum absolute atomic E-state index is 10.8. The van der Waals surface area contributed by atoms with E-state index in [0.717, 1.165) is 37.8 Å². The molecule has 1 rings (SSSR count). The summed E-state index contributed by atoms with van der Waals surface area (Å²) in [4.78, 5) is 10.9. The largest absolute Gasteiger partial charge is 0.477 e. The molecule has 0 fully saturated rings. The first-order chi connectivity index (χ1) is 7.07. The van der Waals surface area contributed by atoms with E-state index in [-0.39, 0.29) is 9.94 Å². The molecule has 0 saturated heterocycles. The van der Waals surface area contributed by atoms with Gasteiger partial charge in [-0.25, -0.2) is 9.10 Å². The summed E-state index contributed by atoms with van der Waals surface area (Å²) in [6, 6.07) is 0. The van der Waals surface area contributed by atoms with Gasteiger partial charge < -0.3 is 5.11 Å². The normalized spacial score (nSPS) is 22.5. The van der Waals surface area contributed by atoms with Crippen LogP contribution in [0.15, 0.2) is 9.94 Å². The van der Waals surface area contributed by atoms with E-state index < -0.39 is 11.5 Å². The van der Waals surface area contributed by atoms with Crippen molar-refractivity contribution in [3.05, 3.63) is 9.94 Å². The molecular weight excluding hydrogens is 257 g/mol. The van der Waals surface area contributed by atoms with Crippen LogP contribution in [0.5, 0.6) is 0 Å². The number of rotatable bonds is 5. The van der Waals surface area contributed by atoms with Crippen LogP contribution in [0.2, 0.25) is 0 Å².